The van der Waals surface area contributed by atoms with E-state index < -0.39 is 0 Å². The highest BCUT2D eigenvalue weighted by molar-refractivity contribution is 9.10. The molecule has 0 saturated heterocycles. The van der Waals surface area contributed by atoms with Crippen LogP contribution in [0.5, 0.6) is 5.75 Å². The van der Waals surface area contributed by atoms with Crippen LogP contribution in [0.4, 0.5) is 0 Å². The Bertz CT molecular complexity index is 1600. The molecule has 0 spiro atoms. The lowest BCUT2D eigenvalue weighted by atomic mass is 9.80. The van der Waals surface area contributed by atoms with Crippen LogP contribution >= 0.6 is 15.9 Å². The molecule has 3 aromatic rings. The van der Waals surface area contributed by atoms with E-state index in [0.29, 0.717) is 12.5 Å². The van der Waals surface area contributed by atoms with Crippen molar-refractivity contribution < 1.29 is 4.74 Å². The molecular weight excluding hydrogens is 506 g/mol. The molecule has 0 fully saturated rings. The summed E-state index contributed by atoms with van der Waals surface area (Å²) >= 11 is 3.64. The van der Waals surface area contributed by atoms with Crippen molar-refractivity contribution >= 4 is 39.9 Å². The average Bonchev–Trinajstić information content (AvgIpc) is 3.15. The Morgan fingerprint density at radius 2 is 1.86 bits per heavy atom. The zero-order valence-corrected chi connectivity index (χ0v) is 22.6. The molecular formula is C33H32BrNO. The first-order chi connectivity index (χ1) is 17.6. The van der Waals surface area contributed by atoms with Gasteiger partial charge in [0.1, 0.15) is 12.4 Å². The molecule has 2 nitrogen and oxygen atoms in total. The third kappa shape index (κ3) is 4.77. The van der Waals surface area contributed by atoms with E-state index >= 15 is 0 Å². The van der Waals surface area contributed by atoms with Crippen LogP contribution in [0.25, 0.3) is 17.7 Å². The lowest BCUT2D eigenvalue weighted by Crippen LogP contribution is -2.24. The highest BCUT2D eigenvalue weighted by Crippen LogP contribution is 2.30. The van der Waals surface area contributed by atoms with Crippen LogP contribution in [0.1, 0.15) is 54.9 Å². The lowest BCUT2D eigenvalue weighted by molar-refractivity contribution is 0.357. The summed E-state index contributed by atoms with van der Waals surface area (Å²) in [5, 5.41) is 5.33. The molecule has 3 heteroatoms. The van der Waals surface area contributed by atoms with Crippen LogP contribution < -0.4 is 15.2 Å². The van der Waals surface area contributed by atoms with Gasteiger partial charge in [0.2, 0.25) is 0 Å². The maximum Gasteiger partial charge on any atom is 0.141 e. The molecule has 3 aliphatic rings. The van der Waals surface area contributed by atoms with Crippen LogP contribution in [-0.4, -0.2) is 12.8 Å². The van der Waals surface area contributed by atoms with Gasteiger partial charge in [0.15, 0.2) is 0 Å². The van der Waals surface area contributed by atoms with E-state index in [0.717, 1.165) is 23.1 Å². The van der Waals surface area contributed by atoms with Gasteiger partial charge in [0.25, 0.3) is 0 Å². The largest absolute Gasteiger partial charge is 0.488 e. The van der Waals surface area contributed by atoms with Gasteiger partial charge in [-0.05, 0) is 98.1 Å². The molecule has 0 amide bonds. The van der Waals surface area contributed by atoms with E-state index in [2.05, 4.69) is 96.0 Å². The number of hydrogen-bond acceptors (Lipinski definition) is 2. The number of benzene rings is 3. The molecule has 1 heterocycles. The smallest absolute Gasteiger partial charge is 0.141 e. The maximum absolute atomic E-state index is 5.95. The van der Waals surface area contributed by atoms with E-state index in [9.17, 15) is 0 Å². The number of rotatable bonds is 3. The van der Waals surface area contributed by atoms with Crippen LogP contribution in [0, 0.1) is 10.4 Å². The van der Waals surface area contributed by atoms with E-state index in [4.69, 9.17) is 4.74 Å². The van der Waals surface area contributed by atoms with Crippen molar-refractivity contribution in [2.75, 3.05) is 6.61 Å². The molecule has 1 atom stereocenters. The first kappa shape index (κ1) is 24.5. The molecule has 0 radical (unpaired) electrons. The van der Waals surface area contributed by atoms with Crippen molar-refractivity contribution in [3.8, 4) is 5.75 Å². The fourth-order valence-electron chi connectivity index (χ4n) is 5.51. The Balaban J connectivity index is 0.000000202. The summed E-state index contributed by atoms with van der Waals surface area (Å²) in [6, 6.07) is 17.3. The van der Waals surface area contributed by atoms with Crippen molar-refractivity contribution in [3.63, 3.8) is 0 Å². The molecule has 182 valence electrons. The van der Waals surface area contributed by atoms with Gasteiger partial charge in [-0.15, -0.1) is 0 Å². The predicted octanol–water partition coefficient (Wildman–Crippen LogP) is 6.99. The van der Waals surface area contributed by atoms with Crippen LogP contribution in [0.15, 0.2) is 76.9 Å². The molecule has 0 N–H and O–H groups in total. The molecule has 0 bridgehead atoms. The Morgan fingerprint density at radius 3 is 2.72 bits per heavy atom. The minimum Gasteiger partial charge on any atom is -0.488 e. The summed E-state index contributed by atoms with van der Waals surface area (Å²) in [5.74, 6) is 1.56. The first-order valence-corrected chi connectivity index (χ1v) is 13.5. The molecule has 0 saturated carbocycles. The minimum atomic E-state index is 0.519. The Kier molecular flexibility index (Phi) is 7.38. The minimum absolute atomic E-state index is 0.519. The number of halogens is 1. The topological polar surface area (TPSA) is 21.6 Å². The summed E-state index contributed by atoms with van der Waals surface area (Å²) in [4.78, 5) is 4.08. The predicted molar refractivity (Wildman–Crippen MR) is 156 cm³/mol. The Hall–Kier alpha value is -3.17. The molecule has 2 aliphatic carbocycles. The van der Waals surface area contributed by atoms with Gasteiger partial charge in [-0.25, -0.2) is 0 Å². The quantitative estimate of drug-likeness (QED) is 0.330. The summed E-state index contributed by atoms with van der Waals surface area (Å²) < 4.78 is 6.95. The second kappa shape index (κ2) is 10.8. The molecule has 3 aromatic carbocycles. The van der Waals surface area contributed by atoms with Gasteiger partial charge in [0.05, 0.1) is 4.47 Å². The highest BCUT2D eigenvalue weighted by atomic mass is 79.9. The number of fused-ring (bicyclic) bond motifs is 5. The van der Waals surface area contributed by atoms with E-state index in [-0.39, 0.29) is 0 Å². The summed E-state index contributed by atoms with van der Waals surface area (Å²) in [6.07, 6.45) is 14.3. The second-order valence-electron chi connectivity index (χ2n) is 9.67. The van der Waals surface area contributed by atoms with Crippen LogP contribution in [0.3, 0.4) is 0 Å². The third-order valence-corrected chi connectivity index (χ3v) is 7.99. The molecule has 6 rings (SSSR count). The first-order valence-electron chi connectivity index (χ1n) is 12.7. The van der Waals surface area contributed by atoms with Crippen molar-refractivity contribution in [1.29, 1.82) is 0 Å². The zero-order valence-electron chi connectivity index (χ0n) is 21.1. The Labute approximate surface area is 221 Å². The normalized spacial score (nSPS) is 16.8. The number of ether oxygens (including phenoxy) is 1. The number of nitrogens with zero attached hydrogens (tertiary/aromatic N) is 1. The van der Waals surface area contributed by atoms with E-state index in [1.54, 1.807) is 11.6 Å². The third-order valence-electron chi connectivity index (χ3n) is 7.37. The standard InChI is InChI=1S/C23H23BrO.C10H9N/c1-4-13-25-23-20-10-9-19-17(18(20)11-12-21(23)24)8-7-16-14(2)5-6-15(3)22(16)19;1-2-4-10-6-8-11-7-5-9(10)3-1/h4,7-8,10-12,15H,1,5-6,9,13H2,2-3H3;1-5,7-8H,6H2. The monoisotopic (exact) mass is 537 g/mol. The van der Waals surface area contributed by atoms with Gasteiger partial charge >= 0.3 is 0 Å². The summed E-state index contributed by atoms with van der Waals surface area (Å²) in [6.45, 7) is 8.95. The fourth-order valence-corrected chi connectivity index (χ4v) is 5.97. The highest BCUT2D eigenvalue weighted by Gasteiger charge is 2.20. The van der Waals surface area contributed by atoms with Gasteiger partial charge in [0, 0.05) is 24.1 Å². The van der Waals surface area contributed by atoms with Gasteiger partial charge < -0.3 is 4.74 Å². The van der Waals surface area contributed by atoms with Crippen molar-refractivity contribution in [1.82, 2.24) is 0 Å². The Morgan fingerprint density at radius 1 is 1.06 bits per heavy atom. The summed E-state index contributed by atoms with van der Waals surface area (Å²) in [7, 11) is 0. The van der Waals surface area contributed by atoms with E-state index in [1.165, 1.54) is 56.0 Å². The van der Waals surface area contributed by atoms with Crippen molar-refractivity contribution in [2.45, 2.75) is 45.4 Å². The molecule has 0 aromatic heterocycles. The number of aliphatic imine (C=N–C) groups is 1. The molecule has 1 aliphatic heterocycles. The summed E-state index contributed by atoms with van der Waals surface area (Å²) in [5.41, 5.74) is 7.25. The fraction of sp³-hybridized carbons (Fsp3) is 0.242. The number of hydrogen-bond donors (Lipinski definition) is 0. The van der Waals surface area contributed by atoms with Crippen molar-refractivity contribution in [2.24, 2.45) is 4.99 Å². The maximum atomic E-state index is 5.95. The zero-order chi connectivity index (χ0) is 25.1. The van der Waals surface area contributed by atoms with Gasteiger partial charge in [-0.2, -0.15) is 0 Å². The van der Waals surface area contributed by atoms with Gasteiger partial charge in [-0.3, -0.25) is 4.99 Å². The second-order valence-corrected chi connectivity index (χ2v) is 10.5. The van der Waals surface area contributed by atoms with E-state index in [1.807, 2.05) is 18.5 Å². The molecule has 36 heavy (non-hydrogen) atoms. The molecule has 1 unspecified atom stereocenters. The SMILES string of the molecule is C1=Cc2ccccc2CC=N1.C=CCOc1c(Br)ccc2c1=CCc1c3c(ccc1=2)=C(C)CCC3C. The lowest BCUT2D eigenvalue weighted by Gasteiger charge is -2.24. The van der Waals surface area contributed by atoms with Gasteiger partial charge in [-0.1, -0.05) is 73.7 Å². The van der Waals surface area contributed by atoms with Crippen molar-refractivity contribution in [3.05, 3.63) is 115 Å². The average molecular weight is 539 g/mol. The van der Waals surface area contributed by atoms with Crippen LogP contribution in [0.2, 0.25) is 0 Å². The van der Waals surface area contributed by atoms with Crippen LogP contribution in [-0.2, 0) is 12.8 Å².